The standard InChI is InChI=1S/C18H19N3/c1-13-7-5-6-8-14(13)11-12-16-17(18(19)21-20-16)15-9-3-2-4-10-15/h2-10H,11-12H2,1H3,(H3,19,20,21). The van der Waals surface area contributed by atoms with Crippen LogP contribution < -0.4 is 5.73 Å². The summed E-state index contributed by atoms with van der Waals surface area (Å²) in [6.45, 7) is 2.15. The third kappa shape index (κ3) is 2.82. The predicted molar refractivity (Wildman–Crippen MR) is 87.0 cm³/mol. The quantitative estimate of drug-likeness (QED) is 0.763. The van der Waals surface area contributed by atoms with Gasteiger partial charge in [-0.1, -0.05) is 54.6 Å². The van der Waals surface area contributed by atoms with E-state index in [0.717, 1.165) is 29.7 Å². The fourth-order valence-corrected chi connectivity index (χ4v) is 2.65. The van der Waals surface area contributed by atoms with Crippen LogP contribution in [0.2, 0.25) is 0 Å². The Morgan fingerprint density at radius 3 is 2.43 bits per heavy atom. The molecule has 0 atom stereocenters. The first-order chi connectivity index (χ1) is 10.3. The summed E-state index contributed by atoms with van der Waals surface area (Å²) in [6, 6.07) is 18.7. The van der Waals surface area contributed by atoms with Crippen molar-refractivity contribution in [3.8, 4) is 11.1 Å². The molecule has 3 heteroatoms. The maximum atomic E-state index is 6.03. The van der Waals surface area contributed by atoms with E-state index in [1.807, 2.05) is 18.2 Å². The van der Waals surface area contributed by atoms with Crippen LogP contribution in [0.5, 0.6) is 0 Å². The maximum absolute atomic E-state index is 6.03. The third-order valence-electron chi connectivity index (χ3n) is 3.84. The number of nitrogens with two attached hydrogens (primary N) is 1. The second-order valence-electron chi connectivity index (χ2n) is 5.25. The Labute approximate surface area is 124 Å². The van der Waals surface area contributed by atoms with E-state index in [4.69, 9.17) is 5.73 Å². The first kappa shape index (κ1) is 13.4. The number of rotatable bonds is 4. The van der Waals surface area contributed by atoms with E-state index in [1.54, 1.807) is 0 Å². The van der Waals surface area contributed by atoms with Crippen LogP contribution in [0.15, 0.2) is 54.6 Å². The van der Waals surface area contributed by atoms with Gasteiger partial charge in [0.15, 0.2) is 5.82 Å². The molecule has 3 N–H and O–H groups in total. The number of nitrogens with zero attached hydrogens (tertiary/aromatic N) is 1. The number of hydrogen-bond donors (Lipinski definition) is 2. The van der Waals surface area contributed by atoms with Crippen molar-refractivity contribution in [2.24, 2.45) is 0 Å². The van der Waals surface area contributed by atoms with E-state index >= 15 is 0 Å². The number of benzene rings is 2. The summed E-state index contributed by atoms with van der Waals surface area (Å²) >= 11 is 0. The molecule has 1 aromatic heterocycles. The number of aromatic amines is 1. The van der Waals surface area contributed by atoms with Gasteiger partial charge in [0.05, 0.1) is 0 Å². The number of hydrogen-bond acceptors (Lipinski definition) is 2. The van der Waals surface area contributed by atoms with Crippen LogP contribution >= 0.6 is 0 Å². The molecule has 0 aliphatic heterocycles. The van der Waals surface area contributed by atoms with Gasteiger partial charge in [0, 0.05) is 11.3 Å². The van der Waals surface area contributed by atoms with Gasteiger partial charge in [0.2, 0.25) is 0 Å². The van der Waals surface area contributed by atoms with Crippen LogP contribution in [0.4, 0.5) is 5.82 Å². The number of H-pyrrole nitrogens is 1. The molecule has 0 saturated heterocycles. The Balaban J connectivity index is 1.86. The molecule has 0 unspecified atom stereocenters. The smallest absolute Gasteiger partial charge is 0.153 e. The molecule has 0 spiro atoms. The minimum Gasteiger partial charge on any atom is -0.382 e. The first-order valence-electron chi connectivity index (χ1n) is 7.18. The molecule has 106 valence electrons. The number of aryl methyl sites for hydroxylation is 3. The van der Waals surface area contributed by atoms with Gasteiger partial charge in [-0.25, -0.2) is 0 Å². The predicted octanol–water partition coefficient (Wildman–Crippen LogP) is 3.75. The minimum atomic E-state index is 0.570. The number of nitrogens with one attached hydrogen (secondary N) is 1. The summed E-state index contributed by atoms with van der Waals surface area (Å²) in [5.74, 6) is 0.570. The molecule has 0 fully saturated rings. The molecule has 0 bridgehead atoms. The van der Waals surface area contributed by atoms with Crippen molar-refractivity contribution in [1.29, 1.82) is 0 Å². The van der Waals surface area contributed by atoms with E-state index in [0.29, 0.717) is 5.82 Å². The highest BCUT2D eigenvalue weighted by atomic mass is 15.2. The fraction of sp³-hybridized carbons (Fsp3) is 0.167. The van der Waals surface area contributed by atoms with Crippen molar-refractivity contribution in [1.82, 2.24) is 10.2 Å². The van der Waals surface area contributed by atoms with Crippen molar-refractivity contribution in [3.05, 3.63) is 71.4 Å². The Morgan fingerprint density at radius 1 is 0.952 bits per heavy atom. The van der Waals surface area contributed by atoms with Crippen molar-refractivity contribution in [2.75, 3.05) is 5.73 Å². The van der Waals surface area contributed by atoms with E-state index < -0.39 is 0 Å². The summed E-state index contributed by atoms with van der Waals surface area (Å²) in [4.78, 5) is 0. The third-order valence-corrected chi connectivity index (χ3v) is 3.84. The first-order valence-corrected chi connectivity index (χ1v) is 7.18. The van der Waals surface area contributed by atoms with E-state index in [1.165, 1.54) is 11.1 Å². The lowest BCUT2D eigenvalue weighted by molar-refractivity contribution is 0.889. The molecule has 3 rings (SSSR count). The normalized spacial score (nSPS) is 10.7. The molecule has 1 heterocycles. The van der Waals surface area contributed by atoms with Gasteiger partial charge in [0.1, 0.15) is 0 Å². The SMILES string of the molecule is Cc1ccccc1CCc1[nH]nc(N)c1-c1ccccc1. The molecule has 0 aliphatic rings. The fourth-order valence-electron chi connectivity index (χ4n) is 2.65. The van der Waals surface area contributed by atoms with Crippen LogP contribution in [-0.4, -0.2) is 10.2 Å². The minimum absolute atomic E-state index is 0.570. The van der Waals surface area contributed by atoms with Crippen LogP contribution in [0.25, 0.3) is 11.1 Å². The van der Waals surface area contributed by atoms with Crippen LogP contribution in [0.3, 0.4) is 0 Å². The molecule has 3 nitrogen and oxygen atoms in total. The second kappa shape index (κ2) is 5.83. The van der Waals surface area contributed by atoms with E-state index in [-0.39, 0.29) is 0 Å². The maximum Gasteiger partial charge on any atom is 0.153 e. The van der Waals surface area contributed by atoms with Gasteiger partial charge in [-0.3, -0.25) is 5.10 Å². The monoisotopic (exact) mass is 277 g/mol. The number of aromatic nitrogens is 2. The van der Waals surface area contributed by atoms with Crippen molar-refractivity contribution < 1.29 is 0 Å². The molecule has 0 aliphatic carbocycles. The lowest BCUT2D eigenvalue weighted by Gasteiger charge is -2.07. The molecule has 21 heavy (non-hydrogen) atoms. The van der Waals surface area contributed by atoms with Crippen molar-refractivity contribution >= 4 is 5.82 Å². The number of nitrogen functional groups attached to an aromatic ring is 1. The van der Waals surface area contributed by atoms with E-state index in [2.05, 4.69) is 53.5 Å². The lowest BCUT2D eigenvalue weighted by Crippen LogP contribution is -1.96. The summed E-state index contributed by atoms with van der Waals surface area (Å²) in [5.41, 5.74) is 12.0. The van der Waals surface area contributed by atoms with Gasteiger partial charge in [0.25, 0.3) is 0 Å². The molecular formula is C18H19N3. The molecular weight excluding hydrogens is 258 g/mol. The molecule has 2 aromatic carbocycles. The average Bonchev–Trinajstić information content (AvgIpc) is 2.88. The van der Waals surface area contributed by atoms with E-state index in [9.17, 15) is 0 Å². The average molecular weight is 277 g/mol. The molecule has 0 amide bonds. The Morgan fingerprint density at radius 2 is 1.67 bits per heavy atom. The molecule has 0 radical (unpaired) electrons. The highest BCUT2D eigenvalue weighted by molar-refractivity contribution is 5.76. The number of anilines is 1. The van der Waals surface area contributed by atoms with Crippen LogP contribution in [0, 0.1) is 6.92 Å². The highest BCUT2D eigenvalue weighted by Gasteiger charge is 2.12. The summed E-state index contributed by atoms with van der Waals surface area (Å²) in [6.07, 6.45) is 1.88. The zero-order valence-electron chi connectivity index (χ0n) is 12.1. The Kier molecular flexibility index (Phi) is 3.73. The van der Waals surface area contributed by atoms with Gasteiger partial charge >= 0.3 is 0 Å². The van der Waals surface area contributed by atoms with Gasteiger partial charge in [-0.2, -0.15) is 5.10 Å². The Bertz CT molecular complexity index is 729. The Hall–Kier alpha value is -2.55. The largest absolute Gasteiger partial charge is 0.382 e. The second-order valence-corrected chi connectivity index (χ2v) is 5.25. The summed E-state index contributed by atoms with van der Waals surface area (Å²) in [5, 5.41) is 7.27. The topological polar surface area (TPSA) is 54.7 Å². The van der Waals surface area contributed by atoms with Crippen LogP contribution in [0.1, 0.15) is 16.8 Å². The van der Waals surface area contributed by atoms with Gasteiger partial charge in [-0.15, -0.1) is 0 Å². The van der Waals surface area contributed by atoms with Gasteiger partial charge < -0.3 is 5.73 Å². The summed E-state index contributed by atoms with van der Waals surface area (Å²) < 4.78 is 0. The zero-order valence-corrected chi connectivity index (χ0v) is 12.1. The van der Waals surface area contributed by atoms with Gasteiger partial charge in [-0.05, 0) is 36.5 Å². The highest BCUT2D eigenvalue weighted by Crippen LogP contribution is 2.28. The lowest BCUT2D eigenvalue weighted by atomic mass is 9.99. The molecule has 0 saturated carbocycles. The zero-order chi connectivity index (χ0) is 14.7. The van der Waals surface area contributed by atoms with Crippen molar-refractivity contribution in [3.63, 3.8) is 0 Å². The van der Waals surface area contributed by atoms with Crippen molar-refractivity contribution in [2.45, 2.75) is 19.8 Å². The van der Waals surface area contributed by atoms with Crippen LogP contribution in [-0.2, 0) is 12.8 Å². The summed E-state index contributed by atoms with van der Waals surface area (Å²) in [7, 11) is 0. The molecule has 3 aromatic rings.